The Morgan fingerprint density at radius 3 is 2.60 bits per heavy atom. The molecular weight excluding hydrogens is 483 g/mol. The molecule has 35 heavy (non-hydrogen) atoms. The van der Waals surface area contributed by atoms with Crippen molar-refractivity contribution in [1.82, 2.24) is 19.5 Å². The van der Waals surface area contributed by atoms with Gasteiger partial charge in [-0.25, -0.2) is 18.7 Å². The summed E-state index contributed by atoms with van der Waals surface area (Å²) >= 11 is 5.88. The first-order chi connectivity index (χ1) is 16.7. The van der Waals surface area contributed by atoms with Gasteiger partial charge in [0.05, 0.1) is 10.7 Å². The molecule has 176 valence electrons. The highest BCUT2D eigenvalue weighted by Gasteiger charge is 2.26. The van der Waals surface area contributed by atoms with E-state index in [-0.39, 0.29) is 22.5 Å². The highest BCUT2D eigenvalue weighted by molar-refractivity contribution is 6.83. The van der Waals surface area contributed by atoms with Crippen LogP contribution in [0.1, 0.15) is 30.1 Å². The van der Waals surface area contributed by atoms with Crippen molar-refractivity contribution in [1.29, 1.82) is 0 Å². The van der Waals surface area contributed by atoms with E-state index in [2.05, 4.69) is 46.1 Å². The Labute approximate surface area is 207 Å². The van der Waals surface area contributed by atoms with Gasteiger partial charge in [-0.15, -0.1) is 5.54 Å². The Bertz CT molecular complexity index is 1560. The van der Waals surface area contributed by atoms with Crippen LogP contribution in [0.25, 0.3) is 28.6 Å². The molecule has 4 aromatic rings. The van der Waals surface area contributed by atoms with E-state index in [4.69, 9.17) is 16.0 Å². The number of hydrogen-bond acceptors (Lipinski definition) is 5. The second kappa shape index (κ2) is 8.91. The average Bonchev–Trinajstić information content (AvgIpc) is 3.58. The van der Waals surface area contributed by atoms with E-state index in [9.17, 15) is 9.18 Å². The van der Waals surface area contributed by atoms with E-state index in [0.717, 1.165) is 18.5 Å². The quantitative estimate of drug-likeness (QED) is 0.257. The molecule has 0 bridgehead atoms. The largest absolute Gasteiger partial charge is 0.434 e. The van der Waals surface area contributed by atoms with Crippen LogP contribution in [-0.2, 0) is 0 Å². The third-order valence-electron chi connectivity index (χ3n) is 5.41. The third kappa shape index (κ3) is 5.11. The summed E-state index contributed by atoms with van der Waals surface area (Å²) in [4.78, 5) is 26.1. The smallest absolute Gasteiger partial charge is 0.353 e. The van der Waals surface area contributed by atoms with Gasteiger partial charge in [-0.3, -0.25) is 0 Å². The minimum absolute atomic E-state index is 0.0117. The molecule has 0 radical (unpaired) electrons. The van der Waals surface area contributed by atoms with Crippen molar-refractivity contribution in [2.24, 2.45) is 0 Å². The second-order valence-corrected chi connectivity index (χ2v) is 14.7. The summed E-state index contributed by atoms with van der Waals surface area (Å²) in [6.45, 7) is 6.46. The predicted molar refractivity (Wildman–Crippen MR) is 136 cm³/mol. The van der Waals surface area contributed by atoms with Gasteiger partial charge in [0.15, 0.2) is 11.6 Å². The Hall–Kier alpha value is -3.54. The van der Waals surface area contributed by atoms with Crippen LogP contribution in [0.4, 0.5) is 4.39 Å². The van der Waals surface area contributed by atoms with Crippen LogP contribution in [0, 0.1) is 17.3 Å². The van der Waals surface area contributed by atoms with E-state index in [0.29, 0.717) is 22.7 Å². The van der Waals surface area contributed by atoms with E-state index in [1.54, 1.807) is 30.6 Å². The van der Waals surface area contributed by atoms with Crippen molar-refractivity contribution in [3.05, 3.63) is 81.5 Å². The van der Waals surface area contributed by atoms with Crippen molar-refractivity contribution in [3.8, 4) is 40.1 Å². The number of rotatable bonds is 4. The summed E-state index contributed by atoms with van der Waals surface area (Å²) in [7, 11) is -1.59. The van der Waals surface area contributed by atoms with E-state index < -0.39 is 19.6 Å². The molecule has 5 rings (SSSR count). The molecular formula is C26H22ClFN4O2Si. The maximum atomic E-state index is 14.3. The van der Waals surface area contributed by atoms with Gasteiger partial charge in [-0.05, 0) is 49.2 Å². The molecule has 6 nitrogen and oxygen atoms in total. The van der Waals surface area contributed by atoms with Gasteiger partial charge < -0.3 is 4.42 Å². The highest BCUT2D eigenvalue weighted by Crippen LogP contribution is 2.38. The van der Waals surface area contributed by atoms with Crippen molar-refractivity contribution >= 4 is 19.7 Å². The summed E-state index contributed by atoms with van der Waals surface area (Å²) < 4.78 is 21.7. The summed E-state index contributed by atoms with van der Waals surface area (Å²) in [5, 5.41) is -0.0117. The molecule has 1 fully saturated rings. The monoisotopic (exact) mass is 504 g/mol. The highest BCUT2D eigenvalue weighted by atomic mass is 35.5. The topological polar surface area (TPSA) is 73.8 Å². The first kappa shape index (κ1) is 23.2. The molecule has 9 heteroatoms. The van der Waals surface area contributed by atoms with E-state index >= 15 is 0 Å². The molecule has 3 heterocycles. The Kier molecular flexibility index (Phi) is 5.91. The molecule has 0 aliphatic heterocycles. The lowest BCUT2D eigenvalue weighted by Gasteiger charge is -2.05. The molecule has 0 atom stereocenters. The van der Waals surface area contributed by atoms with Gasteiger partial charge in [-0.1, -0.05) is 37.2 Å². The van der Waals surface area contributed by atoms with Crippen molar-refractivity contribution in [3.63, 3.8) is 0 Å². The molecule has 0 amide bonds. The zero-order chi connectivity index (χ0) is 24.7. The van der Waals surface area contributed by atoms with Gasteiger partial charge in [-0.2, -0.15) is 9.97 Å². The normalized spacial score (nSPS) is 13.4. The Balaban J connectivity index is 1.64. The Morgan fingerprint density at radius 2 is 1.91 bits per heavy atom. The minimum atomic E-state index is -1.59. The number of nitrogens with zero attached hydrogens (tertiary/aromatic N) is 4. The fourth-order valence-corrected chi connectivity index (χ4v) is 4.11. The summed E-state index contributed by atoms with van der Waals surface area (Å²) in [6.07, 6.45) is 5.33. The number of benzene rings is 1. The second-order valence-electron chi connectivity index (χ2n) is 9.51. The predicted octanol–water partition coefficient (Wildman–Crippen LogP) is 5.85. The zero-order valence-electron chi connectivity index (χ0n) is 19.5. The molecule has 0 unspecified atom stereocenters. The first-order valence-electron chi connectivity index (χ1n) is 11.2. The number of halogens is 2. The van der Waals surface area contributed by atoms with Gasteiger partial charge in [0.1, 0.15) is 19.6 Å². The van der Waals surface area contributed by atoms with E-state index in [1.165, 1.54) is 16.7 Å². The van der Waals surface area contributed by atoms with E-state index in [1.807, 2.05) is 6.07 Å². The van der Waals surface area contributed by atoms with Crippen LogP contribution in [0.3, 0.4) is 0 Å². The number of aromatic nitrogens is 4. The van der Waals surface area contributed by atoms with Crippen LogP contribution in [0.15, 0.2) is 58.0 Å². The minimum Gasteiger partial charge on any atom is -0.434 e. The summed E-state index contributed by atoms with van der Waals surface area (Å²) in [5.74, 6) is 3.56. The van der Waals surface area contributed by atoms with Gasteiger partial charge in [0, 0.05) is 29.4 Å². The van der Waals surface area contributed by atoms with Crippen LogP contribution < -0.4 is 5.69 Å². The fraction of sp³-hybridized carbons (Fsp3) is 0.231. The summed E-state index contributed by atoms with van der Waals surface area (Å²) in [5.41, 5.74) is 5.22. The molecule has 1 aliphatic rings. The standard InChI is InChI=1S/C26H22ClFN4O2Si/c1-35(2,3)13-10-19-14-18(8-11-29-19)25-31-24(23(34-25)17-6-7-20(27)21(28)15-17)32-12-9-22(16-4-5-16)30-26(32)33/h6-9,11-12,14-16H,4-5H2,1-3H3. The van der Waals surface area contributed by atoms with Gasteiger partial charge in [0.2, 0.25) is 5.89 Å². The van der Waals surface area contributed by atoms with Crippen LogP contribution in [0.5, 0.6) is 0 Å². The van der Waals surface area contributed by atoms with Gasteiger partial charge in [0.25, 0.3) is 0 Å². The van der Waals surface area contributed by atoms with Gasteiger partial charge >= 0.3 is 5.69 Å². The number of hydrogen-bond donors (Lipinski definition) is 0. The lowest BCUT2D eigenvalue weighted by Crippen LogP contribution is -2.22. The molecule has 1 aliphatic carbocycles. The van der Waals surface area contributed by atoms with Crippen LogP contribution in [-0.4, -0.2) is 27.6 Å². The van der Waals surface area contributed by atoms with Crippen LogP contribution >= 0.6 is 11.6 Å². The molecule has 1 aromatic carbocycles. The lowest BCUT2D eigenvalue weighted by molar-refractivity contribution is 0.585. The number of pyridine rings is 1. The Morgan fingerprint density at radius 1 is 1.11 bits per heavy atom. The third-order valence-corrected chi connectivity index (χ3v) is 6.59. The maximum Gasteiger partial charge on any atom is 0.353 e. The van der Waals surface area contributed by atoms with Crippen molar-refractivity contribution < 1.29 is 8.81 Å². The summed E-state index contributed by atoms with van der Waals surface area (Å²) in [6, 6.07) is 9.66. The average molecular weight is 505 g/mol. The number of oxazole rings is 1. The molecule has 0 N–H and O–H groups in total. The molecule has 3 aromatic heterocycles. The van der Waals surface area contributed by atoms with Crippen molar-refractivity contribution in [2.45, 2.75) is 38.4 Å². The lowest BCUT2D eigenvalue weighted by atomic mass is 10.1. The van der Waals surface area contributed by atoms with Crippen molar-refractivity contribution in [2.75, 3.05) is 0 Å². The molecule has 0 saturated heterocycles. The van der Waals surface area contributed by atoms with Crippen LogP contribution in [0.2, 0.25) is 24.7 Å². The SMILES string of the molecule is C[Si](C)(C)C#Cc1cc(-c2nc(-n3ccc(C4CC4)nc3=O)c(-c3ccc(Cl)c(F)c3)o2)ccn1. The fourth-order valence-electron chi connectivity index (χ4n) is 3.49. The zero-order valence-corrected chi connectivity index (χ0v) is 21.2. The maximum absolute atomic E-state index is 14.3. The molecule has 0 spiro atoms. The molecule has 1 saturated carbocycles. The first-order valence-corrected chi connectivity index (χ1v) is 15.1.